The minimum absolute atomic E-state index is 0.307. The molecule has 0 bridgehead atoms. The summed E-state index contributed by atoms with van der Waals surface area (Å²) in [6.07, 6.45) is 0. The maximum atomic E-state index is 12.8. The largest absolute Gasteiger partial charge is 0.323 e. The number of hydrogen-bond acceptors (Lipinski definition) is 2. The van der Waals surface area contributed by atoms with Crippen molar-refractivity contribution in [3.63, 3.8) is 0 Å². The number of carbonyl (C=O) groups is 1. The van der Waals surface area contributed by atoms with Crippen LogP contribution in [0.25, 0.3) is 11.0 Å². The number of anilines is 2. The van der Waals surface area contributed by atoms with Gasteiger partial charge in [0.25, 0.3) is 0 Å². The van der Waals surface area contributed by atoms with E-state index in [0.717, 1.165) is 0 Å². The summed E-state index contributed by atoms with van der Waals surface area (Å²) in [6, 6.07) is 9.95. The van der Waals surface area contributed by atoms with Gasteiger partial charge in [-0.1, -0.05) is 0 Å². The zero-order valence-corrected chi connectivity index (χ0v) is 10.7. The van der Waals surface area contributed by atoms with Crippen molar-refractivity contribution < 1.29 is 9.18 Å². The lowest BCUT2D eigenvalue weighted by Crippen LogP contribution is -2.19. The van der Waals surface area contributed by atoms with Crippen LogP contribution in [0.1, 0.15) is 0 Å². The van der Waals surface area contributed by atoms with Crippen molar-refractivity contribution >= 4 is 28.4 Å². The zero-order chi connectivity index (χ0) is 14.8. The molecule has 0 fully saturated rings. The zero-order valence-electron chi connectivity index (χ0n) is 10.7. The second-order valence-electron chi connectivity index (χ2n) is 4.43. The van der Waals surface area contributed by atoms with Crippen molar-refractivity contribution in [1.82, 2.24) is 9.97 Å². The summed E-state index contributed by atoms with van der Waals surface area (Å²) < 4.78 is 12.8. The lowest BCUT2D eigenvalue weighted by Gasteiger charge is -2.07. The molecule has 2 aromatic carbocycles. The normalized spacial score (nSPS) is 10.5. The highest BCUT2D eigenvalue weighted by atomic mass is 19.1. The van der Waals surface area contributed by atoms with E-state index in [-0.39, 0.29) is 11.5 Å². The average Bonchev–Trinajstić information content (AvgIpc) is 2.80. The van der Waals surface area contributed by atoms with Crippen LogP contribution in [0.5, 0.6) is 0 Å². The molecule has 3 aromatic rings. The van der Waals surface area contributed by atoms with Crippen LogP contribution in [0.4, 0.5) is 20.6 Å². The maximum absolute atomic E-state index is 12.8. The third-order valence-electron chi connectivity index (χ3n) is 2.88. The Morgan fingerprint density at radius 3 is 2.29 bits per heavy atom. The number of aromatic nitrogens is 2. The van der Waals surface area contributed by atoms with E-state index in [0.29, 0.717) is 22.4 Å². The van der Waals surface area contributed by atoms with Gasteiger partial charge in [-0.2, -0.15) is 0 Å². The monoisotopic (exact) mass is 286 g/mol. The fraction of sp³-hybridized carbons (Fsp3) is 0. The number of nitrogens with one attached hydrogen (secondary N) is 4. The van der Waals surface area contributed by atoms with Gasteiger partial charge in [-0.3, -0.25) is 0 Å². The lowest BCUT2D eigenvalue weighted by atomic mass is 10.3. The van der Waals surface area contributed by atoms with Crippen molar-refractivity contribution in [2.45, 2.75) is 0 Å². The van der Waals surface area contributed by atoms with E-state index in [1.165, 1.54) is 24.3 Å². The molecule has 0 aliphatic rings. The minimum atomic E-state index is -0.459. The molecular weight excluding hydrogens is 275 g/mol. The van der Waals surface area contributed by atoms with Gasteiger partial charge in [0.2, 0.25) is 0 Å². The number of halogens is 1. The number of imidazole rings is 1. The highest BCUT2D eigenvalue weighted by molar-refractivity contribution is 6.00. The molecule has 4 N–H and O–H groups in total. The fourth-order valence-electron chi connectivity index (χ4n) is 1.94. The maximum Gasteiger partial charge on any atom is 0.323 e. The van der Waals surface area contributed by atoms with Gasteiger partial charge >= 0.3 is 11.7 Å². The molecule has 0 unspecified atom stereocenters. The first-order chi connectivity index (χ1) is 10.1. The number of amides is 2. The van der Waals surface area contributed by atoms with Crippen LogP contribution in [0.2, 0.25) is 0 Å². The van der Waals surface area contributed by atoms with Gasteiger partial charge in [-0.25, -0.2) is 14.0 Å². The standard InChI is InChI=1S/C14H11FN4O2/c15-8-1-3-9(4-2-8)16-13(20)17-10-5-6-11-12(7-10)19-14(21)18-11/h1-7H,(H2,16,17,20)(H2,18,19,21). The molecule has 0 radical (unpaired) electrons. The predicted octanol–water partition coefficient (Wildman–Crippen LogP) is 2.64. The molecular formula is C14H11FN4O2. The summed E-state index contributed by atoms with van der Waals surface area (Å²) in [7, 11) is 0. The summed E-state index contributed by atoms with van der Waals surface area (Å²) in [5.41, 5.74) is 1.95. The van der Waals surface area contributed by atoms with Crippen LogP contribution in [0.3, 0.4) is 0 Å². The van der Waals surface area contributed by atoms with E-state index in [4.69, 9.17) is 0 Å². The van der Waals surface area contributed by atoms with Crippen LogP contribution in [-0.4, -0.2) is 16.0 Å². The number of carbonyl (C=O) groups excluding carboxylic acids is 1. The molecule has 0 spiro atoms. The molecule has 7 heteroatoms. The predicted molar refractivity (Wildman–Crippen MR) is 78.0 cm³/mol. The van der Waals surface area contributed by atoms with Crippen molar-refractivity contribution in [2.75, 3.05) is 10.6 Å². The first-order valence-corrected chi connectivity index (χ1v) is 6.16. The number of H-pyrrole nitrogens is 2. The summed E-state index contributed by atoms with van der Waals surface area (Å²) in [4.78, 5) is 28.2. The Bertz CT molecular complexity index is 851. The van der Waals surface area contributed by atoms with Crippen molar-refractivity contribution in [1.29, 1.82) is 0 Å². The Hall–Kier alpha value is -3.09. The van der Waals surface area contributed by atoms with Crippen molar-refractivity contribution in [3.05, 3.63) is 58.8 Å². The van der Waals surface area contributed by atoms with Gasteiger partial charge in [-0.05, 0) is 42.5 Å². The van der Waals surface area contributed by atoms with Gasteiger partial charge in [0.15, 0.2) is 0 Å². The van der Waals surface area contributed by atoms with Crippen molar-refractivity contribution in [3.8, 4) is 0 Å². The van der Waals surface area contributed by atoms with Gasteiger partial charge in [0, 0.05) is 11.4 Å². The first-order valence-electron chi connectivity index (χ1n) is 6.16. The van der Waals surface area contributed by atoms with E-state index < -0.39 is 6.03 Å². The Balaban J connectivity index is 1.73. The van der Waals surface area contributed by atoms with E-state index in [1.807, 2.05) is 0 Å². The molecule has 2 amide bonds. The van der Waals surface area contributed by atoms with Gasteiger partial charge in [0.1, 0.15) is 5.82 Å². The molecule has 1 aromatic heterocycles. The van der Waals surface area contributed by atoms with E-state index in [9.17, 15) is 14.0 Å². The number of benzene rings is 2. The second-order valence-corrected chi connectivity index (χ2v) is 4.43. The van der Waals surface area contributed by atoms with E-state index in [2.05, 4.69) is 20.6 Å². The molecule has 1 heterocycles. The Morgan fingerprint density at radius 2 is 1.52 bits per heavy atom. The number of aromatic amines is 2. The van der Waals surface area contributed by atoms with Gasteiger partial charge in [0.05, 0.1) is 11.0 Å². The average molecular weight is 286 g/mol. The Kier molecular flexibility index (Phi) is 3.15. The van der Waals surface area contributed by atoms with Gasteiger partial charge < -0.3 is 20.6 Å². The van der Waals surface area contributed by atoms with E-state index in [1.54, 1.807) is 18.2 Å². The van der Waals surface area contributed by atoms with E-state index >= 15 is 0 Å². The summed E-state index contributed by atoms with van der Waals surface area (Å²) in [5.74, 6) is -0.372. The molecule has 21 heavy (non-hydrogen) atoms. The minimum Gasteiger partial charge on any atom is -0.308 e. The van der Waals surface area contributed by atoms with Crippen LogP contribution >= 0.6 is 0 Å². The first kappa shape index (κ1) is 12.9. The second kappa shape index (κ2) is 5.12. The molecule has 0 saturated heterocycles. The highest BCUT2D eigenvalue weighted by Gasteiger charge is 2.05. The third-order valence-corrected chi connectivity index (χ3v) is 2.88. The molecule has 3 rings (SSSR count). The summed E-state index contributed by atoms with van der Waals surface area (Å²) in [5, 5.41) is 5.20. The van der Waals surface area contributed by atoms with Crippen LogP contribution < -0.4 is 16.3 Å². The lowest BCUT2D eigenvalue weighted by molar-refractivity contribution is 0.262. The Labute approximate surface area is 118 Å². The number of rotatable bonds is 2. The highest BCUT2D eigenvalue weighted by Crippen LogP contribution is 2.15. The fourth-order valence-corrected chi connectivity index (χ4v) is 1.94. The quantitative estimate of drug-likeness (QED) is 0.583. The van der Waals surface area contributed by atoms with Crippen LogP contribution in [0.15, 0.2) is 47.3 Å². The molecule has 106 valence electrons. The molecule has 0 saturated carbocycles. The third kappa shape index (κ3) is 2.92. The summed E-state index contributed by atoms with van der Waals surface area (Å²) in [6.45, 7) is 0. The molecule has 0 aliphatic carbocycles. The summed E-state index contributed by atoms with van der Waals surface area (Å²) >= 11 is 0. The number of fused-ring (bicyclic) bond motifs is 1. The molecule has 0 atom stereocenters. The van der Waals surface area contributed by atoms with Crippen LogP contribution in [-0.2, 0) is 0 Å². The van der Waals surface area contributed by atoms with Crippen molar-refractivity contribution in [2.24, 2.45) is 0 Å². The smallest absolute Gasteiger partial charge is 0.308 e. The topological polar surface area (TPSA) is 89.8 Å². The Morgan fingerprint density at radius 1 is 0.905 bits per heavy atom. The number of urea groups is 1. The molecule has 6 nitrogen and oxygen atoms in total. The van der Waals surface area contributed by atoms with Crippen LogP contribution in [0, 0.1) is 5.82 Å². The number of hydrogen-bond donors (Lipinski definition) is 4. The van der Waals surface area contributed by atoms with Gasteiger partial charge in [-0.15, -0.1) is 0 Å². The SMILES string of the molecule is O=C(Nc1ccc(F)cc1)Nc1ccc2[nH]c(=O)[nH]c2c1. The molecule has 0 aliphatic heterocycles.